The van der Waals surface area contributed by atoms with Crippen LogP contribution in [0.25, 0.3) is 0 Å². The van der Waals surface area contributed by atoms with Gasteiger partial charge >= 0.3 is 0 Å². The van der Waals surface area contributed by atoms with E-state index in [4.69, 9.17) is 6.42 Å². The van der Waals surface area contributed by atoms with E-state index in [1.807, 2.05) is 4.90 Å². The molecule has 0 aromatic heterocycles. The number of rotatable bonds is 5. The van der Waals surface area contributed by atoms with Crippen molar-refractivity contribution in [2.24, 2.45) is 5.92 Å². The zero-order chi connectivity index (χ0) is 13.0. The Morgan fingerprint density at radius 2 is 2.11 bits per heavy atom. The van der Waals surface area contributed by atoms with Gasteiger partial charge in [0.1, 0.15) is 6.04 Å². The summed E-state index contributed by atoms with van der Waals surface area (Å²) < 4.78 is 0. The number of carbonyl (C=O) groups is 2. The number of unbranched alkanes of at least 4 members (excludes halogenated alkanes) is 2. The second-order valence-corrected chi connectivity index (χ2v) is 5.12. The minimum atomic E-state index is -0.271. The van der Waals surface area contributed by atoms with Crippen LogP contribution in [0.2, 0.25) is 0 Å². The molecule has 2 rings (SSSR count). The molecule has 18 heavy (non-hydrogen) atoms. The number of hydrogen-bond donors (Lipinski definition) is 1. The van der Waals surface area contributed by atoms with E-state index >= 15 is 0 Å². The Labute approximate surface area is 108 Å². The van der Waals surface area contributed by atoms with Crippen LogP contribution in [0.3, 0.4) is 0 Å². The highest BCUT2D eigenvalue weighted by atomic mass is 16.2. The summed E-state index contributed by atoms with van der Waals surface area (Å²) in [4.78, 5) is 25.7. The predicted octanol–water partition coefficient (Wildman–Crippen LogP) is 0.917. The van der Waals surface area contributed by atoms with Crippen LogP contribution >= 0.6 is 0 Å². The van der Waals surface area contributed by atoms with Crippen molar-refractivity contribution < 1.29 is 9.59 Å². The zero-order valence-corrected chi connectivity index (χ0v) is 10.7. The smallest absolute Gasteiger partial charge is 0.245 e. The third kappa shape index (κ3) is 3.25. The molecule has 2 amide bonds. The summed E-state index contributed by atoms with van der Waals surface area (Å²) >= 11 is 0. The van der Waals surface area contributed by atoms with Crippen LogP contribution in [0.15, 0.2) is 0 Å². The molecule has 2 fully saturated rings. The molecule has 2 aliphatic rings. The second kappa shape index (κ2) is 5.90. The van der Waals surface area contributed by atoms with Gasteiger partial charge in [-0.2, -0.15) is 0 Å². The molecule has 4 nitrogen and oxygen atoms in total. The Hall–Kier alpha value is -1.50. The van der Waals surface area contributed by atoms with Crippen molar-refractivity contribution in [3.63, 3.8) is 0 Å². The molecular formula is C14H20N2O2. The Bertz CT molecular complexity index is 368. The van der Waals surface area contributed by atoms with Gasteiger partial charge in [-0.25, -0.2) is 0 Å². The summed E-state index contributed by atoms with van der Waals surface area (Å²) in [6.07, 6.45) is 10.4. The Kier molecular flexibility index (Phi) is 4.24. The summed E-state index contributed by atoms with van der Waals surface area (Å²) in [7, 11) is 0. The van der Waals surface area contributed by atoms with Gasteiger partial charge in [-0.15, -0.1) is 12.3 Å². The summed E-state index contributed by atoms with van der Waals surface area (Å²) in [6, 6.07) is -0.271. The molecule has 1 atom stereocenters. The third-order valence-electron chi connectivity index (χ3n) is 3.60. The lowest BCUT2D eigenvalue weighted by molar-refractivity contribution is -0.134. The van der Waals surface area contributed by atoms with Gasteiger partial charge in [0, 0.05) is 25.9 Å². The maximum absolute atomic E-state index is 12.3. The van der Waals surface area contributed by atoms with Crippen LogP contribution in [-0.4, -0.2) is 35.8 Å². The van der Waals surface area contributed by atoms with E-state index in [2.05, 4.69) is 11.2 Å². The predicted molar refractivity (Wildman–Crippen MR) is 68.5 cm³/mol. The lowest BCUT2D eigenvalue weighted by Gasteiger charge is -2.23. The first-order valence-electron chi connectivity index (χ1n) is 6.74. The molecule has 98 valence electrons. The average molecular weight is 248 g/mol. The monoisotopic (exact) mass is 248 g/mol. The number of hydrogen-bond acceptors (Lipinski definition) is 2. The maximum Gasteiger partial charge on any atom is 0.245 e. The second-order valence-electron chi connectivity index (χ2n) is 5.12. The summed E-state index contributed by atoms with van der Waals surface area (Å²) in [6.45, 7) is 1.27. The lowest BCUT2D eigenvalue weighted by Crippen LogP contribution is -2.46. The molecule has 1 aliphatic carbocycles. The van der Waals surface area contributed by atoms with Gasteiger partial charge in [-0.3, -0.25) is 9.59 Å². The van der Waals surface area contributed by atoms with Crippen molar-refractivity contribution in [3.8, 4) is 12.3 Å². The molecule has 1 heterocycles. The lowest BCUT2D eigenvalue weighted by atomic mass is 10.1. The van der Waals surface area contributed by atoms with E-state index < -0.39 is 0 Å². The SMILES string of the molecule is C#CCCCCN1CCC(=O)NC(C2CC2)C1=O. The first-order chi connectivity index (χ1) is 8.72. The van der Waals surface area contributed by atoms with Gasteiger partial charge < -0.3 is 10.2 Å². The van der Waals surface area contributed by atoms with Crippen molar-refractivity contribution in [2.75, 3.05) is 13.1 Å². The summed E-state index contributed by atoms with van der Waals surface area (Å²) in [5.41, 5.74) is 0. The highest BCUT2D eigenvalue weighted by molar-refractivity contribution is 5.90. The highest BCUT2D eigenvalue weighted by Gasteiger charge is 2.40. The fourth-order valence-corrected chi connectivity index (χ4v) is 2.35. The maximum atomic E-state index is 12.3. The Morgan fingerprint density at radius 3 is 2.78 bits per heavy atom. The van der Waals surface area contributed by atoms with Crippen LogP contribution in [0.1, 0.15) is 38.5 Å². The summed E-state index contributed by atoms with van der Waals surface area (Å²) in [5.74, 6) is 3.08. The molecule has 0 spiro atoms. The minimum Gasteiger partial charge on any atom is -0.344 e. The van der Waals surface area contributed by atoms with E-state index in [0.29, 0.717) is 18.9 Å². The molecule has 1 unspecified atom stereocenters. The molecule has 1 N–H and O–H groups in total. The minimum absolute atomic E-state index is 0.00590. The number of terminal acetylenes is 1. The quantitative estimate of drug-likeness (QED) is 0.581. The number of carbonyl (C=O) groups excluding carboxylic acids is 2. The van der Waals surface area contributed by atoms with Crippen LogP contribution in [0.5, 0.6) is 0 Å². The normalized spacial score (nSPS) is 24.4. The van der Waals surface area contributed by atoms with Crippen LogP contribution in [-0.2, 0) is 9.59 Å². The van der Waals surface area contributed by atoms with Crippen molar-refractivity contribution in [1.29, 1.82) is 0 Å². The Morgan fingerprint density at radius 1 is 1.33 bits per heavy atom. The highest BCUT2D eigenvalue weighted by Crippen LogP contribution is 2.34. The fraction of sp³-hybridized carbons (Fsp3) is 0.714. The van der Waals surface area contributed by atoms with Crippen molar-refractivity contribution in [1.82, 2.24) is 10.2 Å². The van der Waals surface area contributed by atoms with Crippen molar-refractivity contribution in [3.05, 3.63) is 0 Å². The molecule has 1 saturated carbocycles. The molecular weight excluding hydrogens is 228 g/mol. The van der Waals surface area contributed by atoms with E-state index in [-0.39, 0.29) is 17.9 Å². The van der Waals surface area contributed by atoms with Gasteiger partial charge in [0.05, 0.1) is 0 Å². The topological polar surface area (TPSA) is 49.4 Å². The van der Waals surface area contributed by atoms with E-state index in [1.165, 1.54) is 0 Å². The largest absolute Gasteiger partial charge is 0.344 e. The van der Waals surface area contributed by atoms with Crippen LogP contribution in [0, 0.1) is 18.3 Å². The molecule has 4 heteroatoms. The standard InChI is InChI=1S/C14H20N2O2/c1-2-3-4-5-9-16-10-8-12(17)15-13(14(16)18)11-6-7-11/h1,11,13H,3-10H2,(H,15,17). The molecule has 0 radical (unpaired) electrons. The number of nitrogens with one attached hydrogen (secondary N) is 1. The summed E-state index contributed by atoms with van der Waals surface area (Å²) in [5, 5.41) is 2.86. The Balaban J connectivity index is 1.89. The van der Waals surface area contributed by atoms with Crippen molar-refractivity contribution >= 4 is 11.8 Å². The van der Waals surface area contributed by atoms with E-state index in [9.17, 15) is 9.59 Å². The van der Waals surface area contributed by atoms with Crippen LogP contribution in [0.4, 0.5) is 0 Å². The van der Waals surface area contributed by atoms with Gasteiger partial charge in [0.15, 0.2) is 0 Å². The van der Waals surface area contributed by atoms with Crippen LogP contribution < -0.4 is 5.32 Å². The first-order valence-corrected chi connectivity index (χ1v) is 6.74. The van der Waals surface area contributed by atoms with E-state index in [1.54, 1.807) is 0 Å². The number of amides is 2. The average Bonchev–Trinajstić information content (AvgIpc) is 3.18. The first kappa shape index (κ1) is 12.9. The molecule has 1 saturated heterocycles. The molecule has 0 aromatic carbocycles. The van der Waals surface area contributed by atoms with Gasteiger partial charge in [0.25, 0.3) is 0 Å². The molecule has 0 bridgehead atoms. The number of nitrogens with zero attached hydrogens (tertiary/aromatic N) is 1. The molecule has 1 aliphatic heterocycles. The van der Waals surface area contributed by atoms with Gasteiger partial charge in [0.2, 0.25) is 11.8 Å². The van der Waals surface area contributed by atoms with Gasteiger partial charge in [-0.05, 0) is 31.6 Å². The zero-order valence-electron chi connectivity index (χ0n) is 10.7. The van der Waals surface area contributed by atoms with E-state index in [0.717, 1.165) is 38.6 Å². The molecule has 0 aromatic rings. The van der Waals surface area contributed by atoms with Gasteiger partial charge in [-0.1, -0.05) is 0 Å². The van der Waals surface area contributed by atoms with Crippen molar-refractivity contribution in [2.45, 2.75) is 44.6 Å². The fourth-order valence-electron chi connectivity index (χ4n) is 2.35. The third-order valence-corrected chi connectivity index (χ3v) is 3.60.